The average molecular weight is 255 g/mol. The summed E-state index contributed by atoms with van der Waals surface area (Å²) in [5, 5.41) is 5.89. The Kier molecular flexibility index (Phi) is 4.13. The van der Waals surface area contributed by atoms with E-state index in [1.165, 1.54) is 0 Å². The fourth-order valence-electron chi connectivity index (χ4n) is 1.69. The minimum absolute atomic E-state index is 0.0747. The maximum Gasteiger partial charge on any atom is 0.251 e. The van der Waals surface area contributed by atoms with Crippen LogP contribution in [0.3, 0.4) is 0 Å². The molecule has 0 spiro atoms. The Labute approximate surface area is 112 Å². The van der Waals surface area contributed by atoms with Crippen molar-refractivity contribution in [1.29, 1.82) is 0 Å². The zero-order chi connectivity index (χ0) is 13.7. The van der Waals surface area contributed by atoms with Gasteiger partial charge in [0.25, 0.3) is 5.91 Å². The van der Waals surface area contributed by atoms with Crippen molar-refractivity contribution >= 4 is 11.6 Å². The van der Waals surface area contributed by atoms with Gasteiger partial charge in [-0.05, 0) is 42.8 Å². The van der Waals surface area contributed by atoms with E-state index in [4.69, 9.17) is 0 Å². The van der Waals surface area contributed by atoms with E-state index in [0.717, 1.165) is 16.9 Å². The highest BCUT2D eigenvalue weighted by Crippen LogP contribution is 2.11. The van der Waals surface area contributed by atoms with Crippen molar-refractivity contribution in [3.63, 3.8) is 0 Å². The van der Waals surface area contributed by atoms with E-state index in [2.05, 4.69) is 15.6 Å². The van der Waals surface area contributed by atoms with Crippen molar-refractivity contribution in [3.05, 3.63) is 59.4 Å². The van der Waals surface area contributed by atoms with Crippen LogP contribution in [0.5, 0.6) is 0 Å². The second-order valence-corrected chi connectivity index (χ2v) is 4.32. The minimum atomic E-state index is -0.0747. The number of hydrogen-bond acceptors (Lipinski definition) is 3. The Bertz CT molecular complexity index is 547. The van der Waals surface area contributed by atoms with Gasteiger partial charge in [0.1, 0.15) is 0 Å². The Morgan fingerprint density at radius 1 is 1.16 bits per heavy atom. The zero-order valence-corrected chi connectivity index (χ0v) is 11.1. The first kappa shape index (κ1) is 13.1. The highest BCUT2D eigenvalue weighted by Gasteiger charge is 2.02. The lowest BCUT2D eigenvalue weighted by atomic mass is 10.2. The lowest BCUT2D eigenvalue weighted by molar-refractivity contribution is 0.0963. The molecule has 98 valence electrons. The molecule has 2 rings (SSSR count). The lowest BCUT2D eigenvalue weighted by Crippen LogP contribution is -2.17. The van der Waals surface area contributed by atoms with Crippen LogP contribution in [0.2, 0.25) is 0 Å². The number of carbonyl (C=O) groups is 1. The molecule has 1 amide bonds. The van der Waals surface area contributed by atoms with Crippen molar-refractivity contribution in [2.45, 2.75) is 13.5 Å². The third kappa shape index (κ3) is 3.55. The number of hydrogen-bond donors (Lipinski definition) is 2. The Balaban J connectivity index is 1.96. The summed E-state index contributed by atoms with van der Waals surface area (Å²) in [7, 11) is 1.62. The van der Waals surface area contributed by atoms with Crippen LogP contribution in [0.1, 0.15) is 21.6 Å². The number of rotatable bonds is 4. The molecule has 0 saturated carbocycles. The van der Waals surface area contributed by atoms with Gasteiger partial charge in [0.05, 0.1) is 0 Å². The Morgan fingerprint density at radius 3 is 2.47 bits per heavy atom. The van der Waals surface area contributed by atoms with Gasteiger partial charge in [0.2, 0.25) is 0 Å². The molecule has 1 aromatic carbocycles. The molecule has 1 aromatic heterocycles. The number of aromatic nitrogens is 1. The maximum absolute atomic E-state index is 11.4. The highest BCUT2D eigenvalue weighted by atomic mass is 16.1. The number of nitrogens with zero attached hydrogens (tertiary/aromatic N) is 1. The second kappa shape index (κ2) is 6.00. The van der Waals surface area contributed by atoms with Gasteiger partial charge in [0, 0.05) is 36.7 Å². The summed E-state index contributed by atoms with van der Waals surface area (Å²) in [4.78, 5) is 15.6. The van der Waals surface area contributed by atoms with Crippen molar-refractivity contribution < 1.29 is 4.79 Å². The molecule has 0 radical (unpaired) electrons. The van der Waals surface area contributed by atoms with Gasteiger partial charge in [-0.25, -0.2) is 0 Å². The van der Waals surface area contributed by atoms with Gasteiger partial charge in [-0.1, -0.05) is 6.07 Å². The first-order valence-corrected chi connectivity index (χ1v) is 6.16. The van der Waals surface area contributed by atoms with Crippen LogP contribution in [0.4, 0.5) is 5.69 Å². The highest BCUT2D eigenvalue weighted by molar-refractivity contribution is 5.94. The summed E-state index contributed by atoms with van der Waals surface area (Å²) in [5.41, 5.74) is 3.78. The molecule has 0 aliphatic heterocycles. The molecule has 4 nitrogen and oxygen atoms in total. The van der Waals surface area contributed by atoms with Crippen LogP contribution in [0, 0.1) is 6.92 Å². The molecule has 4 heteroatoms. The van der Waals surface area contributed by atoms with Gasteiger partial charge in [-0.3, -0.25) is 9.78 Å². The van der Waals surface area contributed by atoms with Crippen molar-refractivity contribution in [2.75, 3.05) is 12.4 Å². The van der Waals surface area contributed by atoms with Gasteiger partial charge in [-0.15, -0.1) is 0 Å². The minimum Gasteiger partial charge on any atom is -0.381 e. The maximum atomic E-state index is 11.4. The zero-order valence-electron chi connectivity index (χ0n) is 11.1. The number of pyridine rings is 1. The van der Waals surface area contributed by atoms with Crippen LogP contribution in [-0.4, -0.2) is 17.9 Å². The average Bonchev–Trinajstić information content (AvgIpc) is 2.46. The van der Waals surface area contributed by atoms with Gasteiger partial charge >= 0.3 is 0 Å². The second-order valence-electron chi connectivity index (χ2n) is 4.32. The topological polar surface area (TPSA) is 54.0 Å². The predicted octanol–water partition coefficient (Wildman–Crippen LogP) is 2.36. The van der Waals surface area contributed by atoms with E-state index in [1.807, 2.05) is 37.4 Å². The molecule has 0 atom stereocenters. The monoisotopic (exact) mass is 255 g/mol. The standard InChI is InChI=1S/C15H17N3O/c1-11-3-4-12(9-17-11)10-18-14-7-5-13(6-8-14)15(19)16-2/h3-9,18H,10H2,1-2H3,(H,16,19). The lowest BCUT2D eigenvalue weighted by Gasteiger charge is -2.07. The van der Waals surface area contributed by atoms with Crippen LogP contribution in [0.15, 0.2) is 42.6 Å². The molecule has 0 aliphatic carbocycles. The summed E-state index contributed by atoms with van der Waals surface area (Å²) in [6, 6.07) is 11.4. The van der Waals surface area contributed by atoms with Crippen molar-refractivity contribution in [2.24, 2.45) is 0 Å². The number of anilines is 1. The summed E-state index contributed by atoms with van der Waals surface area (Å²) in [6.07, 6.45) is 1.86. The molecule has 0 unspecified atom stereocenters. The quantitative estimate of drug-likeness (QED) is 0.881. The first-order valence-electron chi connectivity index (χ1n) is 6.16. The first-order chi connectivity index (χ1) is 9.19. The Hall–Kier alpha value is -2.36. The SMILES string of the molecule is CNC(=O)c1ccc(NCc2ccc(C)nc2)cc1. The third-order valence-corrected chi connectivity index (χ3v) is 2.84. The van der Waals surface area contributed by atoms with Crippen molar-refractivity contribution in [1.82, 2.24) is 10.3 Å². The van der Waals surface area contributed by atoms with Crippen LogP contribution >= 0.6 is 0 Å². The molecule has 0 saturated heterocycles. The smallest absolute Gasteiger partial charge is 0.251 e. The molecular weight excluding hydrogens is 238 g/mol. The van der Waals surface area contributed by atoms with Crippen LogP contribution in [0.25, 0.3) is 0 Å². The summed E-state index contributed by atoms with van der Waals surface area (Å²) < 4.78 is 0. The van der Waals surface area contributed by atoms with Gasteiger partial charge < -0.3 is 10.6 Å². The normalized spacial score (nSPS) is 10.0. The molecular formula is C15H17N3O. The van der Waals surface area contributed by atoms with Crippen molar-refractivity contribution in [3.8, 4) is 0 Å². The van der Waals surface area contributed by atoms with Gasteiger partial charge in [-0.2, -0.15) is 0 Å². The molecule has 0 bridgehead atoms. The van der Waals surface area contributed by atoms with E-state index < -0.39 is 0 Å². The largest absolute Gasteiger partial charge is 0.381 e. The van der Waals surface area contributed by atoms with Crippen LogP contribution < -0.4 is 10.6 Å². The number of aryl methyl sites for hydroxylation is 1. The van der Waals surface area contributed by atoms with E-state index in [0.29, 0.717) is 12.1 Å². The number of nitrogens with one attached hydrogen (secondary N) is 2. The van der Waals surface area contributed by atoms with E-state index in [9.17, 15) is 4.79 Å². The number of amides is 1. The number of benzene rings is 1. The third-order valence-electron chi connectivity index (χ3n) is 2.84. The fourth-order valence-corrected chi connectivity index (χ4v) is 1.69. The molecule has 0 aliphatic rings. The molecule has 0 fully saturated rings. The summed E-state index contributed by atoms with van der Waals surface area (Å²) in [5.74, 6) is -0.0747. The van der Waals surface area contributed by atoms with E-state index >= 15 is 0 Å². The molecule has 2 aromatic rings. The molecule has 19 heavy (non-hydrogen) atoms. The summed E-state index contributed by atoms with van der Waals surface area (Å²) >= 11 is 0. The van der Waals surface area contributed by atoms with E-state index in [1.54, 1.807) is 19.2 Å². The van der Waals surface area contributed by atoms with Gasteiger partial charge in [0.15, 0.2) is 0 Å². The Morgan fingerprint density at radius 2 is 1.89 bits per heavy atom. The molecule has 2 N–H and O–H groups in total. The fraction of sp³-hybridized carbons (Fsp3) is 0.200. The summed E-state index contributed by atoms with van der Waals surface area (Å²) in [6.45, 7) is 2.68. The number of carbonyl (C=O) groups excluding carboxylic acids is 1. The van der Waals surface area contributed by atoms with E-state index in [-0.39, 0.29) is 5.91 Å². The molecule has 1 heterocycles. The van der Waals surface area contributed by atoms with Crippen LogP contribution in [-0.2, 0) is 6.54 Å². The predicted molar refractivity (Wildman–Crippen MR) is 76.1 cm³/mol.